The fourth-order valence-corrected chi connectivity index (χ4v) is 2.32. The van der Waals surface area contributed by atoms with Crippen LogP contribution in [0, 0.1) is 5.41 Å². The van der Waals surface area contributed by atoms with Crippen LogP contribution in [0.4, 0.5) is 0 Å². The van der Waals surface area contributed by atoms with Gasteiger partial charge in [0, 0.05) is 0 Å². The highest BCUT2D eigenvalue weighted by molar-refractivity contribution is 5.36. The monoisotopic (exact) mass is 226 g/mol. The Balaban J connectivity index is 3.09. The number of aliphatic hydroxyl groups is 3. The lowest BCUT2D eigenvalue weighted by atomic mass is 9.70. The number of rotatable bonds is 2. The zero-order valence-corrected chi connectivity index (χ0v) is 10.4. The second-order valence-electron chi connectivity index (χ2n) is 5.30. The number of hydrogen-bond donors (Lipinski definition) is 3. The van der Waals surface area contributed by atoms with E-state index in [-0.39, 0.29) is 5.41 Å². The molecule has 0 amide bonds. The average molecular weight is 226 g/mol. The standard InChI is InChI=1S/C13H22O3/c1-8(14)5-6-10-9(2)12(16)11(15)7-13(10,3)4/h5-6,8,11-12,14-16H,7H2,1-4H3/b6-5+/t8-,11+,12-/m1/s1. The van der Waals surface area contributed by atoms with E-state index in [1.807, 2.05) is 26.8 Å². The van der Waals surface area contributed by atoms with Crippen molar-refractivity contribution in [1.82, 2.24) is 0 Å². The second kappa shape index (κ2) is 4.70. The fraction of sp³-hybridized carbons (Fsp3) is 0.692. The van der Waals surface area contributed by atoms with E-state index in [0.29, 0.717) is 6.42 Å². The van der Waals surface area contributed by atoms with Gasteiger partial charge >= 0.3 is 0 Å². The van der Waals surface area contributed by atoms with Gasteiger partial charge in [0.15, 0.2) is 0 Å². The van der Waals surface area contributed by atoms with E-state index >= 15 is 0 Å². The number of hydrogen-bond acceptors (Lipinski definition) is 3. The van der Waals surface area contributed by atoms with Crippen LogP contribution in [0.5, 0.6) is 0 Å². The van der Waals surface area contributed by atoms with E-state index in [9.17, 15) is 15.3 Å². The largest absolute Gasteiger partial charge is 0.390 e. The molecule has 92 valence electrons. The molecule has 0 saturated heterocycles. The summed E-state index contributed by atoms with van der Waals surface area (Å²) in [6, 6.07) is 0. The predicted molar refractivity (Wildman–Crippen MR) is 63.9 cm³/mol. The molecule has 3 heteroatoms. The van der Waals surface area contributed by atoms with Gasteiger partial charge in [-0.2, -0.15) is 0 Å². The van der Waals surface area contributed by atoms with Crippen LogP contribution in [0.25, 0.3) is 0 Å². The summed E-state index contributed by atoms with van der Waals surface area (Å²) in [5, 5.41) is 28.8. The Bertz CT molecular complexity index is 313. The molecule has 0 heterocycles. The van der Waals surface area contributed by atoms with Crippen molar-refractivity contribution in [2.75, 3.05) is 0 Å². The minimum atomic E-state index is -0.790. The molecule has 0 aromatic heterocycles. The summed E-state index contributed by atoms with van der Waals surface area (Å²) >= 11 is 0. The van der Waals surface area contributed by atoms with Crippen molar-refractivity contribution in [1.29, 1.82) is 0 Å². The molecule has 0 aromatic rings. The molecular weight excluding hydrogens is 204 g/mol. The summed E-state index contributed by atoms with van der Waals surface area (Å²) in [7, 11) is 0. The molecule has 0 fully saturated rings. The van der Waals surface area contributed by atoms with E-state index in [1.54, 1.807) is 13.0 Å². The molecular formula is C13H22O3. The lowest BCUT2D eigenvalue weighted by Gasteiger charge is -2.38. The van der Waals surface area contributed by atoms with Gasteiger partial charge in [0.1, 0.15) is 6.10 Å². The van der Waals surface area contributed by atoms with Crippen LogP contribution < -0.4 is 0 Å². The molecule has 0 spiro atoms. The summed E-state index contributed by atoms with van der Waals surface area (Å²) < 4.78 is 0. The molecule has 3 nitrogen and oxygen atoms in total. The van der Waals surface area contributed by atoms with Crippen LogP contribution in [0.1, 0.15) is 34.1 Å². The van der Waals surface area contributed by atoms with E-state index in [1.165, 1.54) is 0 Å². The fourth-order valence-electron chi connectivity index (χ4n) is 2.32. The first-order valence-electron chi connectivity index (χ1n) is 5.69. The zero-order chi connectivity index (χ0) is 12.5. The van der Waals surface area contributed by atoms with Crippen LogP contribution in [0.3, 0.4) is 0 Å². The molecule has 0 saturated carbocycles. The van der Waals surface area contributed by atoms with E-state index in [0.717, 1.165) is 11.1 Å². The van der Waals surface area contributed by atoms with Gasteiger partial charge in [-0.15, -0.1) is 0 Å². The molecule has 3 N–H and O–H groups in total. The van der Waals surface area contributed by atoms with Gasteiger partial charge in [0.05, 0.1) is 12.2 Å². The smallest absolute Gasteiger partial charge is 0.101 e. The Hall–Kier alpha value is -0.640. The summed E-state index contributed by atoms with van der Waals surface area (Å²) in [5.74, 6) is 0. The van der Waals surface area contributed by atoms with Crippen LogP contribution in [0.2, 0.25) is 0 Å². The quantitative estimate of drug-likeness (QED) is 0.667. The molecule has 0 radical (unpaired) electrons. The van der Waals surface area contributed by atoms with Gasteiger partial charge < -0.3 is 15.3 Å². The maximum absolute atomic E-state index is 9.81. The summed E-state index contributed by atoms with van der Waals surface area (Å²) in [5.41, 5.74) is 1.63. The maximum Gasteiger partial charge on any atom is 0.101 e. The van der Waals surface area contributed by atoms with Gasteiger partial charge in [-0.3, -0.25) is 0 Å². The molecule has 0 aromatic carbocycles. The second-order valence-corrected chi connectivity index (χ2v) is 5.30. The van der Waals surface area contributed by atoms with Gasteiger partial charge in [0.25, 0.3) is 0 Å². The Morgan fingerprint density at radius 1 is 1.38 bits per heavy atom. The highest BCUT2D eigenvalue weighted by Gasteiger charge is 2.36. The van der Waals surface area contributed by atoms with Gasteiger partial charge in [0.2, 0.25) is 0 Å². The molecule has 1 aliphatic rings. The summed E-state index contributed by atoms with van der Waals surface area (Å²) in [4.78, 5) is 0. The Kier molecular flexibility index (Phi) is 3.94. The predicted octanol–water partition coefficient (Wildman–Crippen LogP) is 1.39. The van der Waals surface area contributed by atoms with Gasteiger partial charge in [-0.05, 0) is 36.8 Å². The number of aliphatic hydroxyl groups excluding tert-OH is 3. The van der Waals surface area contributed by atoms with Crippen molar-refractivity contribution in [3.05, 3.63) is 23.3 Å². The van der Waals surface area contributed by atoms with Crippen LogP contribution in [0.15, 0.2) is 23.3 Å². The molecule has 0 bridgehead atoms. The molecule has 16 heavy (non-hydrogen) atoms. The third-order valence-corrected chi connectivity index (χ3v) is 3.22. The van der Waals surface area contributed by atoms with Crippen molar-refractivity contribution in [2.24, 2.45) is 5.41 Å². The van der Waals surface area contributed by atoms with Crippen molar-refractivity contribution >= 4 is 0 Å². The molecule has 0 aliphatic heterocycles. The number of allylic oxidation sites excluding steroid dienone is 2. The first kappa shape index (κ1) is 13.4. The van der Waals surface area contributed by atoms with Gasteiger partial charge in [-0.25, -0.2) is 0 Å². The maximum atomic E-state index is 9.81. The van der Waals surface area contributed by atoms with E-state index in [4.69, 9.17) is 0 Å². The Labute approximate surface area is 97.1 Å². The minimum absolute atomic E-state index is 0.173. The minimum Gasteiger partial charge on any atom is -0.390 e. The van der Waals surface area contributed by atoms with Crippen LogP contribution in [-0.4, -0.2) is 33.6 Å². The third-order valence-electron chi connectivity index (χ3n) is 3.22. The molecule has 1 rings (SSSR count). The first-order valence-corrected chi connectivity index (χ1v) is 5.69. The highest BCUT2D eigenvalue weighted by atomic mass is 16.3. The zero-order valence-electron chi connectivity index (χ0n) is 10.4. The van der Waals surface area contributed by atoms with Crippen molar-refractivity contribution in [3.8, 4) is 0 Å². The van der Waals surface area contributed by atoms with Gasteiger partial charge in [-0.1, -0.05) is 26.0 Å². The topological polar surface area (TPSA) is 60.7 Å². The van der Waals surface area contributed by atoms with Crippen LogP contribution in [-0.2, 0) is 0 Å². The molecule has 3 atom stereocenters. The SMILES string of the molecule is CC1=C(/C=C/[C@@H](C)O)C(C)(C)C[C@H](O)[C@@H]1O. The van der Waals surface area contributed by atoms with E-state index < -0.39 is 18.3 Å². The van der Waals surface area contributed by atoms with E-state index in [2.05, 4.69) is 0 Å². The van der Waals surface area contributed by atoms with Crippen LogP contribution >= 0.6 is 0 Å². The van der Waals surface area contributed by atoms with Crippen molar-refractivity contribution in [3.63, 3.8) is 0 Å². The normalized spacial score (nSPS) is 32.2. The first-order chi connectivity index (χ1) is 7.25. The van der Waals surface area contributed by atoms with Crippen molar-refractivity contribution < 1.29 is 15.3 Å². The highest BCUT2D eigenvalue weighted by Crippen LogP contribution is 2.41. The Morgan fingerprint density at radius 2 is 1.94 bits per heavy atom. The molecule has 0 unspecified atom stereocenters. The summed E-state index contributed by atoms with van der Waals surface area (Å²) in [6.45, 7) is 7.59. The lowest BCUT2D eigenvalue weighted by Crippen LogP contribution is -2.39. The van der Waals surface area contributed by atoms with Crippen molar-refractivity contribution in [2.45, 2.75) is 52.4 Å². The summed E-state index contributed by atoms with van der Waals surface area (Å²) in [6.07, 6.45) is 2.10. The molecule has 1 aliphatic carbocycles. The lowest BCUT2D eigenvalue weighted by molar-refractivity contribution is 0.00683. The Morgan fingerprint density at radius 3 is 2.44 bits per heavy atom. The average Bonchev–Trinajstić information content (AvgIpc) is 2.12. The third kappa shape index (κ3) is 2.73.